The van der Waals surface area contributed by atoms with Gasteiger partial charge in [-0.1, -0.05) is 38.1 Å². The van der Waals surface area contributed by atoms with E-state index in [1.54, 1.807) is 7.11 Å². The first-order valence-corrected chi connectivity index (χ1v) is 9.37. The van der Waals surface area contributed by atoms with Crippen LogP contribution in [0.15, 0.2) is 48.5 Å². The Kier molecular flexibility index (Phi) is 5.71. The Morgan fingerprint density at radius 3 is 2.48 bits per heavy atom. The highest BCUT2D eigenvalue weighted by Crippen LogP contribution is 2.38. The average molecular weight is 368 g/mol. The second-order valence-corrected chi connectivity index (χ2v) is 7.42. The van der Waals surface area contributed by atoms with Gasteiger partial charge in [0.2, 0.25) is 0 Å². The number of carbonyl (C=O) groups is 1. The van der Waals surface area contributed by atoms with Crippen LogP contribution < -0.4 is 10.1 Å². The second kappa shape index (κ2) is 8.01. The summed E-state index contributed by atoms with van der Waals surface area (Å²) in [6, 6.07) is 15.6. The van der Waals surface area contributed by atoms with Crippen LogP contribution in [0.2, 0.25) is 0 Å². The third-order valence-electron chi connectivity index (χ3n) is 4.84. The van der Waals surface area contributed by atoms with Gasteiger partial charge < -0.3 is 19.7 Å². The molecular formula is C22H28N2O3. The number of rotatable bonds is 7. The number of hydrogen-bond acceptors (Lipinski definition) is 4. The van der Waals surface area contributed by atoms with Gasteiger partial charge in [-0.15, -0.1) is 0 Å². The lowest BCUT2D eigenvalue weighted by Crippen LogP contribution is -2.56. The molecule has 1 N–H and O–H groups in total. The van der Waals surface area contributed by atoms with Crippen molar-refractivity contribution < 1.29 is 14.3 Å². The molecule has 3 rings (SSSR count). The van der Waals surface area contributed by atoms with Crippen molar-refractivity contribution in [3.63, 3.8) is 0 Å². The number of carbonyl (C=O) groups excluding carboxylic acids is 1. The van der Waals surface area contributed by atoms with Crippen molar-refractivity contribution in [1.82, 2.24) is 4.90 Å². The summed E-state index contributed by atoms with van der Waals surface area (Å²) in [6.07, 6.45) is 0. The van der Waals surface area contributed by atoms with Crippen molar-refractivity contribution in [1.29, 1.82) is 0 Å². The van der Waals surface area contributed by atoms with Gasteiger partial charge in [0.15, 0.2) is 0 Å². The first-order chi connectivity index (χ1) is 13.0. The summed E-state index contributed by atoms with van der Waals surface area (Å²) in [5, 5.41) is 3.56. The SMILES string of the molecule is COCCN1C(=O)c2ccccc2NC1(C)c1ccc(OCC(C)C)cc1. The van der Waals surface area contributed by atoms with Crippen molar-refractivity contribution in [2.75, 3.05) is 32.2 Å². The zero-order valence-electron chi connectivity index (χ0n) is 16.5. The molecule has 144 valence electrons. The second-order valence-electron chi connectivity index (χ2n) is 7.42. The molecule has 0 saturated heterocycles. The number of para-hydroxylation sites is 1. The number of nitrogens with zero attached hydrogens (tertiary/aromatic N) is 1. The maximum atomic E-state index is 13.2. The maximum Gasteiger partial charge on any atom is 0.258 e. The molecule has 1 amide bonds. The van der Waals surface area contributed by atoms with E-state index in [2.05, 4.69) is 19.2 Å². The van der Waals surface area contributed by atoms with E-state index >= 15 is 0 Å². The van der Waals surface area contributed by atoms with Gasteiger partial charge in [-0.3, -0.25) is 4.79 Å². The number of fused-ring (bicyclic) bond motifs is 1. The van der Waals surface area contributed by atoms with Crippen molar-refractivity contribution in [2.45, 2.75) is 26.4 Å². The molecule has 0 aromatic heterocycles. The lowest BCUT2D eigenvalue weighted by Gasteiger charge is -2.46. The van der Waals surface area contributed by atoms with E-state index in [-0.39, 0.29) is 5.91 Å². The molecule has 1 unspecified atom stereocenters. The summed E-state index contributed by atoms with van der Waals surface area (Å²) >= 11 is 0. The highest BCUT2D eigenvalue weighted by atomic mass is 16.5. The van der Waals surface area contributed by atoms with Crippen LogP contribution in [0.25, 0.3) is 0 Å². The Morgan fingerprint density at radius 2 is 1.81 bits per heavy atom. The van der Waals surface area contributed by atoms with Crippen molar-refractivity contribution in [3.8, 4) is 5.75 Å². The van der Waals surface area contributed by atoms with Crippen LogP contribution >= 0.6 is 0 Å². The molecule has 2 aromatic carbocycles. The molecule has 2 aromatic rings. The van der Waals surface area contributed by atoms with Crippen LogP contribution in [0.5, 0.6) is 5.75 Å². The molecule has 0 aliphatic carbocycles. The molecule has 5 heteroatoms. The molecule has 1 aliphatic rings. The Balaban J connectivity index is 1.93. The monoisotopic (exact) mass is 368 g/mol. The van der Waals surface area contributed by atoms with E-state index in [0.717, 1.165) is 17.0 Å². The number of amides is 1. The van der Waals surface area contributed by atoms with E-state index in [0.29, 0.717) is 31.2 Å². The number of methoxy groups -OCH3 is 1. The van der Waals surface area contributed by atoms with Crippen LogP contribution in [0.4, 0.5) is 5.69 Å². The first kappa shape index (κ1) is 19.2. The molecular weight excluding hydrogens is 340 g/mol. The van der Waals surface area contributed by atoms with Gasteiger partial charge in [0, 0.05) is 19.3 Å². The van der Waals surface area contributed by atoms with Crippen LogP contribution in [0, 0.1) is 5.92 Å². The maximum absolute atomic E-state index is 13.2. The third kappa shape index (κ3) is 3.93. The van der Waals surface area contributed by atoms with Gasteiger partial charge in [0.25, 0.3) is 5.91 Å². The Labute approximate surface area is 161 Å². The molecule has 0 spiro atoms. The molecule has 1 heterocycles. The molecule has 27 heavy (non-hydrogen) atoms. The number of hydrogen-bond donors (Lipinski definition) is 1. The van der Waals surface area contributed by atoms with Crippen molar-refractivity contribution in [2.24, 2.45) is 5.92 Å². The fraction of sp³-hybridized carbons (Fsp3) is 0.409. The quantitative estimate of drug-likeness (QED) is 0.799. The van der Waals surface area contributed by atoms with Gasteiger partial charge >= 0.3 is 0 Å². The number of benzene rings is 2. The van der Waals surface area contributed by atoms with E-state index in [9.17, 15) is 4.79 Å². The summed E-state index contributed by atoms with van der Waals surface area (Å²) in [7, 11) is 1.65. The summed E-state index contributed by atoms with van der Waals surface area (Å²) < 4.78 is 11.0. The predicted octanol–water partition coefficient (Wildman–Crippen LogP) is 4.11. The van der Waals surface area contributed by atoms with Gasteiger partial charge in [-0.05, 0) is 42.7 Å². The summed E-state index contributed by atoms with van der Waals surface area (Å²) in [4.78, 5) is 15.0. The summed E-state index contributed by atoms with van der Waals surface area (Å²) in [5.41, 5.74) is 1.86. The minimum atomic E-state index is -0.666. The fourth-order valence-electron chi connectivity index (χ4n) is 3.33. The molecule has 0 saturated carbocycles. The Hall–Kier alpha value is -2.53. The number of nitrogens with one attached hydrogen (secondary N) is 1. The Morgan fingerprint density at radius 1 is 1.11 bits per heavy atom. The van der Waals surface area contributed by atoms with Gasteiger partial charge in [0.05, 0.1) is 18.8 Å². The molecule has 0 fully saturated rings. The highest BCUT2D eigenvalue weighted by molar-refractivity contribution is 6.02. The van der Waals surface area contributed by atoms with Gasteiger partial charge in [-0.2, -0.15) is 0 Å². The summed E-state index contributed by atoms with van der Waals surface area (Å²) in [5.74, 6) is 1.31. The third-order valence-corrected chi connectivity index (χ3v) is 4.84. The molecule has 5 nitrogen and oxygen atoms in total. The van der Waals surface area contributed by atoms with Crippen molar-refractivity contribution in [3.05, 3.63) is 59.7 Å². The van der Waals surface area contributed by atoms with E-state index in [1.807, 2.05) is 60.4 Å². The van der Waals surface area contributed by atoms with E-state index in [1.165, 1.54) is 0 Å². The lowest BCUT2D eigenvalue weighted by atomic mass is 9.93. The van der Waals surface area contributed by atoms with Crippen LogP contribution in [0.1, 0.15) is 36.7 Å². The summed E-state index contributed by atoms with van der Waals surface area (Å²) in [6.45, 7) is 7.93. The minimum absolute atomic E-state index is 0.00374. The minimum Gasteiger partial charge on any atom is -0.493 e. The largest absolute Gasteiger partial charge is 0.493 e. The zero-order chi connectivity index (χ0) is 19.4. The van der Waals surface area contributed by atoms with Crippen molar-refractivity contribution >= 4 is 11.6 Å². The first-order valence-electron chi connectivity index (χ1n) is 9.37. The average Bonchev–Trinajstić information content (AvgIpc) is 2.66. The Bertz CT molecular complexity index is 788. The normalized spacial score (nSPS) is 19.0. The van der Waals surface area contributed by atoms with Crippen LogP contribution in [0.3, 0.4) is 0 Å². The number of anilines is 1. The van der Waals surface area contributed by atoms with Gasteiger partial charge in [-0.25, -0.2) is 0 Å². The fourth-order valence-corrected chi connectivity index (χ4v) is 3.33. The van der Waals surface area contributed by atoms with Gasteiger partial charge in [0.1, 0.15) is 11.4 Å². The van der Waals surface area contributed by atoms with E-state index < -0.39 is 5.66 Å². The predicted molar refractivity (Wildman–Crippen MR) is 107 cm³/mol. The zero-order valence-corrected chi connectivity index (χ0v) is 16.5. The number of ether oxygens (including phenoxy) is 2. The molecule has 0 bridgehead atoms. The standard InChI is InChI=1S/C22H28N2O3/c1-16(2)15-27-18-11-9-17(10-12-18)22(3)23-20-8-6-5-7-19(20)21(25)24(22)13-14-26-4/h5-12,16,23H,13-15H2,1-4H3. The van der Waals surface area contributed by atoms with E-state index in [4.69, 9.17) is 9.47 Å². The lowest BCUT2D eigenvalue weighted by molar-refractivity contribution is 0.0438. The molecule has 0 radical (unpaired) electrons. The highest BCUT2D eigenvalue weighted by Gasteiger charge is 2.42. The smallest absolute Gasteiger partial charge is 0.258 e. The molecule has 1 atom stereocenters. The molecule has 1 aliphatic heterocycles. The van der Waals surface area contributed by atoms with Crippen LogP contribution in [-0.2, 0) is 10.4 Å². The topological polar surface area (TPSA) is 50.8 Å². The van der Waals surface area contributed by atoms with Crippen LogP contribution in [-0.4, -0.2) is 37.7 Å².